The van der Waals surface area contributed by atoms with Gasteiger partial charge in [-0.15, -0.1) is 0 Å². The number of aliphatic hydroxyl groups excluding tert-OH is 1. The van der Waals surface area contributed by atoms with Crippen LogP contribution in [0.2, 0.25) is 0 Å². The summed E-state index contributed by atoms with van der Waals surface area (Å²) < 4.78 is 4.64. The minimum Gasteiger partial charge on any atom is -0.393 e. The molecule has 134 valence electrons. The molecule has 0 aromatic carbocycles. The van der Waals surface area contributed by atoms with E-state index in [1.165, 1.54) is 70.6 Å². The number of rotatable bonds is 17. The van der Waals surface area contributed by atoms with Crippen LogP contribution in [0.25, 0.3) is 0 Å². The van der Waals surface area contributed by atoms with Crippen LogP contribution in [0.1, 0.15) is 96.8 Å². The van der Waals surface area contributed by atoms with Gasteiger partial charge in [-0.25, -0.2) is 0 Å². The highest BCUT2D eigenvalue weighted by Gasteiger charge is 2.06. The first-order chi connectivity index (χ1) is 10.7. The van der Waals surface area contributed by atoms with E-state index in [1.54, 1.807) is 0 Å². The smallest absolute Gasteiger partial charge is 0.327 e. The van der Waals surface area contributed by atoms with Gasteiger partial charge < -0.3 is 19.4 Å². The van der Waals surface area contributed by atoms with E-state index in [0.29, 0.717) is 6.42 Å². The largest absolute Gasteiger partial charge is 0.393 e. The highest BCUT2D eigenvalue weighted by atomic mass is 31.2. The van der Waals surface area contributed by atoms with E-state index in [-0.39, 0.29) is 12.7 Å². The fourth-order valence-electron chi connectivity index (χ4n) is 2.64. The summed E-state index contributed by atoms with van der Waals surface area (Å²) in [5.74, 6) is 0. The van der Waals surface area contributed by atoms with Gasteiger partial charge in [-0.05, 0) is 12.8 Å². The van der Waals surface area contributed by atoms with Gasteiger partial charge in [-0.2, -0.15) is 0 Å². The van der Waals surface area contributed by atoms with E-state index < -0.39 is 8.60 Å². The van der Waals surface area contributed by atoms with Crippen molar-refractivity contribution in [2.45, 2.75) is 103 Å². The number of aliphatic hydroxyl groups is 1. The molecule has 0 spiro atoms. The first kappa shape index (κ1) is 22.3. The van der Waals surface area contributed by atoms with Gasteiger partial charge in [-0.3, -0.25) is 0 Å². The second kappa shape index (κ2) is 17.6. The summed E-state index contributed by atoms with van der Waals surface area (Å²) in [6.07, 6.45) is 16.7. The first-order valence-corrected chi connectivity index (χ1v) is 10.3. The third-order valence-corrected chi connectivity index (χ3v) is 4.46. The van der Waals surface area contributed by atoms with Crippen molar-refractivity contribution >= 4 is 8.60 Å². The summed E-state index contributed by atoms with van der Waals surface area (Å²) in [4.78, 5) is 17.1. The zero-order chi connectivity index (χ0) is 16.5. The topological polar surface area (TPSA) is 69.9 Å². The molecule has 0 bridgehead atoms. The maximum atomic E-state index is 9.69. The highest BCUT2D eigenvalue weighted by molar-refractivity contribution is 7.39. The summed E-state index contributed by atoms with van der Waals surface area (Å²) in [5.41, 5.74) is 0. The predicted molar refractivity (Wildman–Crippen MR) is 93.6 cm³/mol. The fraction of sp³-hybridized carbons (Fsp3) is 1.00. The molecule has 1 atom stereocenters. The van der Waals surface area contributed by atoms with Gasteiger partial charge in [0.05, 0.1) is 12.7 Å². The molecule has 22 heavy (non-hydrogen) atoms. The van der Waals surface area contributed by atoms with Crippen LogP contribution < -0.4 is 0 Å². The number of hydrogen-bond donors (Lipinski definition) is 3. The minimum absolute atomic E-state index is 0.220. The van der Waals surface area contributed by atoms with Gasteiger partial charge in [0.2, 0.25) is 0 Å². The molecule has 0 radical (unpaired) electrons. The van der Waals surface area contributed by atoms with E-state index >= 15 is 0 Å². The van der Waals surface area contributed by atoms with Gasteiger partial charge >= 0.3 is 8.60 Å². The molecule has 5 heteroatoms. The molecule has 0 rings (SSSR count). The molecule has 0 aliphatic rings. The quantitative estimate of drug-likeness (QED) is 0.256. The Morgan fingerprint density at radius 3 is 1.64 bits per heavy atom. The lowest BCUT2D eigenvalue weighted by Gasteiger charge is -2.10. The van der Waals surface area contributed by atoms with E-state index in [0.717, 1.165) is 12.8 Å². The van der Waals surface area contributed by atoms with Crippen LogP contribution in [-0.2, 0) is 4.52 Å². The lowest BCUT2D eigenvalue weighted by atomic mass is 10.0. The lowest BCUT2D eigenvalue weighted by molar-refractivity contribution is 0.123. The van der Waals surface area contributed by atoms with Crippen LogP contribution in [0.4, 0.5) is 0 Å². The molecule has 0 unspecified atom stereocenters. The number of hydrogen-bond acceptors (Lipinski definition) is 4. The average Bonchev–Trinajstić information content (AvgIpc) is 2.48. The van der Waals surface area contributed by atoms with Gasteiger partial charge in [0.1, 0.15) is 0 Å². The Kier molecular flexibility index (Phi) is 17.8. The average molecular weight is 336 g/mol. The second-order valence-corrected chi connectivity index (χ2v) is 6.97. The van der Waals surface area contributed by atoms with E-state index in [9.17, 15) is 5.11 Å². The molecule has 0 aliphatic heterocycles. The zero-order valence-electron chi connectivity index (χ0n) is 14.4. The van der Waals surface area contributed by atoms with E-state index in [1.807, 2.05) is 0 Å². The molecule has 0 amide bonds. The summed E-state index contributed by atoms with van der Waals surface area (Å²) in [6, 6.07) is 0. The molecular weight excluding hydrogens is 299 g/mol. The summed E-state index contributed by atoms with van der Waals surface area (Å²) in [6.45, 7) is 2.48. The second-order valence-electron chi connectivity index (χ2n) is 6.21. The zero-order valence-corrected chi connectivity index (χ0v) is 15.3. The Labute approximate surface area is 138 Å². The van der Waals surface area contributed by atoms with Crippen LogP contribution in [0, 0.1) is 0 Å². The summed E-state index contributed by atoms with van der Waals surface area (Å²) in [5, 5.41) is 9.69. The molecule has 0 saturated heterocycles. The molecule has 0 heterocycles. The molecule has 3 N–H and O–H groups in total. The number of unbranched alkanes of at least 4 members (excludes halogenated alkanes) is 11. The van der Waals surface area contributed by atoms with Crippen molar-refractivity contribution in [1.29, 1.82) is 0 Å². The van der Waals surface area contributed by atoms with Crippen LogP contribution >= 0.6 is 8.60 Å². The van der Waals surface area contributed by atoms with Crippen molar-refractivity contribution in [3.63, 3.8) is 0 Å². The van der Waals surface area contributed by atoms with Crippen molar-refractivity contribution in [2.24, 2.45) is 0 Å². The Bertz CT molecular complexity index is 215. The minimum atomic E-state index is -2.27. The van der Waals surface area contributed by atoms with E-state index in [4.69, 9.17) is 9.79 Å². The fourth-order valence-corrected chi connectivity index (χ4v) is 2.90. The Balaban J connectivity index is 3.10. The van der Waals surface area contributed by atoms with Crippen LogP contribution in [-0.4, -0.2) is 27.6 Å². The van der Waals surface area contributed by atoms with Crippen LogP contribution in [0.5, 0.6) is 0 Å². The maximum absolute atomic E-state index is 9.69. The summed E-state index contributed by atoms with van der Waals surface area (Å²) in [7, 11) is -2.27. The van der Waals surface area contributed by atoms with E-state index in [2.05, 4.69) is 11.4 Å². The van der Waals surface area contributed by atoms with Crippen LogP contribution in [0.15, 0.2) is 0 Å². The highest BCUT2D eigenvalue weighted by Crippen LogP contribution is 2.24. The molecule has 4 nitrogen and oxygen atoms in total. The SMILES string of the molecule is CCCCCCCCCCCCCC[C@@H](O)CCOP(O)O. The van der Waals surface area contributed by atoms with Crippen molar-refractivity contribution < 1.29 is 19.4 Å². The molecule has 0 saturated carbocycles. The van der Waals surface area contributed by atoms with Crippen molar-refractivity contribution in [3.8, 4) is 0 Å². The molecular formula is C17H37O4P. The molecule has 0 aromatic heterocycles. The molecule has 0 fully saturated rings. The molecule has 0 aromatic rings. The van der Waals surface area contributed by atoms with Gasteiger partial charge in [0.25, 0.3) is 0 Å². The lowest BCUT2D eigenvalue weighted by Crippen LogP contribution is -2.09. The Hall–Kier alpha value is 0.270. The third kappa shape index (κ3) is 18.3. The standard InChI is InChI=1S/C17H37O4P/c1-2-3-4-5-6-7-8-9-10-11-12-13-14-17(18)15-16-21-22(19)20/h17-20H,2-16H2,1H3/t17-/m1/s1. The van der Waals surface area contributed by atoms with Gasteiger partial charge in [0, 0.05) is 0 Å². The van der Waals surface area contributed by atoms with Gasteiger partial charge in [-0.1, -0.05) is 84.0 Å². The monoisotopic (exact) mass is 336 g/mol. The third-order valence-electron chi connectivity index (χ3n) is 4.05. The normalized spacial score (nSPS) is 13.0. The van der Waals surface area contributed by atoms with Crippen molar-refractivity contribution in [2.75, 3.05) is 6.61 Å². The Morgan fingerprint density at radius 1 is 0.727 bits per heavy atom. The van der Waals surface area contributed by atoms with Gasteiger partial charge in [0.15, 0.2) is 0 Å². The van der Waals surface area contributed by atoms with Crippen molar-refractivity contribution in [3.05, 3.63) is 0 Å². The molecule has 0 aliphatic carbocycles. The van der Waals surface area contributed by atoms with Crippen molar-refractivity contribution in [1.82, 2.24) is 0 Å². The summed E-state index contributed by atoms with van der Waals surface area (Å²) >= 11 is 0. The first-order valence-electron chi connectivity index (χ1n) is 9.15. The maximum Gasteiger partial charge on any atom is 0.327 e. The predicted octanol–water partition coefficient (Wildman–Crippen LogP) is 5.06. The van der Waals surface area contributed by atoms with Crippen LogP contribution in [0.3, 0.4) is 0 Å². The Morgan fingerprint density at radius 2 is 1.18 bits per heavy atom.